The van der Waals surface area contributed by atoms with Crippen LogP contribution in [-0.4, -0.2) is 94.0 Å². The summed E-state index contributed by atoms with van der Waals surface area (Å²) in [5.41, 5.74) is 12.3. The zero-order chi connectivity index (χ0) is 30.9. The Kier molecular flexibility index (Phi) is 11.8. The lowest BCUT2D eigenvalue weighted by Gasteiger charge is -2.25. The minimum atomic E-state index is -1.33. The molecule has 0 saturated carbocycles. The molecule has 2 rings (SSSR count). The van der Waals surface area contributed by atoms with E-state index in [1.54, 1.807) is 41.3 Å². The molecule has 1 aromatic carbocycles. The highest BCUT2D eigenvalue weighted by molar-refractivity contribution is 5.95. The van der Waals surface area contributed by atoms with Crippen molar-refractivity contribution in [3.63, 3.8) is 0 Å². The van der Waals surface area contributed by atoms with E-state index in [9.17, 15) is 34.2 Å². The number of hydrogen-bond acceptors (Lipinski definition) is 8. The van der Waals surface area contributed by atoms with Crippen LogP contribution in [0, 0.1) is 5.41 Å². The molecule has 6 atom stereocenters. The zero-order valence-electron chi connectivity index (χ0n) is 23.1. The molecule has 1 aliphatic heterocycles. The third kappa shape index (κ3) is 9.58. The summed E-state index contributed by atoms with van der Waals surface area (Å²) in [4.78, 5) is 64.3. The molecule has 15 heteroatoms. The van der Waals surface area contributed by atoms with Gasteiger partial charge in [0.25, 0.3) is 0 Å². The predicted octanol–water partition coefficient (Wildman–Crippen LogP) is -2.34. The van der Waals surface area contributed by atoms with Crippen LogP contribution in [0.2, 0.25) is 0 Å². The number of nitrogens with one attached hydrogen (secondary N) is 5. The molecule has 4 amide bonds. The van der Waals surface area contributed by atoms with Gasteiger partial charge in [0.15, 0.2) is 12.0 Å². The van der Waals surface area contributed by atoms with Crippen LogP contribution < -0.4 is 32.7 Å². The SMILES string of the molecule is CC(NC(=O)C(C)NC(=O)C(CC1=CCN(C(=N)N)C1)NC(=O)C(N)C(C)O)C(=O)NC(C(=O)O)c1ccccc1. The molecule has 0 spiro atoms. The van der Waals surface area contributed by atoms with Crippen molar-refractivity contribution in [2.75, 3.05) is 13.1 Å². The van der Waals surface area contributed by atoms with Crippen molar-refractivity contribution in [2.45, 2.75) is 63.5 Å². The van der Waals surface area contributed by atoms with Gasteiger partial charge >= 0.3 is 5.97 Å². The molecular formula is C26H38N8O7. The van der Waals surface area contributed by atoms with Crippen LogP contribution in [-0.2, 0) is 24.0 Å². The highest BCUT2D eigenvalue weighted by atomic mass is 16.4. The van der Waals surface area contributed by atoms with Gasteiger partial charge in [0.1, 0.15) is 24.2 Å². The molecule has 41 heavy (non-hydrogen) atoms. The normalized spacial score (nSPS) is 17.1. The first kappa shape index (κ1) is 32.7. The van der Waals surface area contributed by atoms with Gasteiger partial charge < -0.3 is 47.8 Å². The summed E-state index contributed by atoms with van der Waals surface area (Å²) in [6.07, 6.45) is 0.605. The molecule has 0 radical (unpaired) electrons. The number of aliphatic hydroxyl groups excluding tert-OH is 1. The van der Waals surface area contributed by atoms with Crippen molar-refractivity contribution in [2.24, 2.45) is 11.5 Å². The maximum Gasteiger partial charge on any atom is 0.330 e. The van der Waals surface area contributed by atoms with Crippen LogP contribution in [0.3, 0.4) is 0 Å². The van der Waals surface area contributed by atoms with Crippen molar-refractivity contribution in [3.8, 4) is 0 Å². The number of carbonyl (C=O) groups excluding carboxylic acids is 4. The average molecular weight is 575 g/mol. The number of aliphatic hydroxyl groups is 1. The second-order valence-corrected chi connectivity index (χ2v) is 9.81. The van der Waals surface area contributed by atoms with Crippen molar-refractivity contribution in [3.05, 3.63) is 47.5 Å². The van der Waals surface area contributed by atoms with E-state index in [1.807, 2.05) is 0 Å². The van der Waals surface area contributed by atoms with Gasteiger partial charge in [-0.2, -0.15) is 0 Å². The van der Waals surface area contributed by atoms with Crippen molar-refractivity contribution < 1.29 is 34.2 Å². The Morgan fingerprint density at radius 2 is 1.49 bits per heavy atom. The Morgan fingerprint density at radius 3 is 2.00 bits per heavy atom. The van der Waals surface area contributed by atoms with E-state index in [4.69, 9.17) is 16.9 Å². The molecule has 11 N–H and O–H groups in total. The molecule has 0 aliphatic carbocycles. The number of nitrogens with zero attached hydrogens (tertiary/aromatic N) is 1. The molecule has 0 aromatic heterocycles. The fourth-order valence-corrected chi connectivity index (χ4v) is 3.89. The number of carboxylic acid groups (broad SMARTS) is 1. The molecule has 0 bridgehead atoms. The van der Waals surface area contributed by atoms with Crippen molar-refractivity contribution in [1.82, 2.24) is 26.2 Å². The first-order valence-corrected chi connectivity index (χ1v) is 12.9. The Morgan fingerprint density at radius 1 is 0.927 bits per heavy atom. The Hall–Kier alpha value is -4.50. The van der Waals surface area contributed by atoms with E-state index >= 15 is 0 Å². The van der Waals surface area contributed by atoms with E-state index in [-0.39, 0.29) is 18.9 Å². The minimum Gasteiger partial charge on any atom is -0.479 e. The van der Waals surface area contributed by atoms with Crippen LogP contribution in [0.15, 0.2) is 42.0 Å². The van der Waals surface area contributed by atoms with Gasteiger partial charge in [-0.15, -0.1) is 0 Å². The highest BCUT2D eigenvalue weighted by Gasteiger charge is 2.31. The van der Waals surface area contributed by atoms with Crippen molar-refractivity contribution >= 4 is 35.6 Å². The molecule has 1 heterocycles. The number of aliphatic carboxylic acids is 1. The summed E-state index contributed by atoms with van der Waals surface area (Å²) in [6, 6.07) is 1.93. The first-order valence-electron chi connectivity index (χ1n) is 12.9. The van der Waals surface area contributed by atoms with Crippen LogP contribution in [0.5, 0.6) is 0 Å². The maximum absolute atomic E-state index is 13.1. The van der Waals surface area contributed by atoms with Crippen LogP contribution in [0.4, 0.5) is 0 Å². The summed E-state index contributed by atoms with van der Waals surface area (Å²) in [5.74, 6) is -4.44. The van der Waals surface area contributed by atoms with Crippen LogP contribution >= 0.6 is 0 Å². The van der Waals surface area contributed by atoms with Gasteiger partial charge in [0, 0.05) is 13.1 Å². The van der Waals surface area contributed by atoms with Crippen molar-refractivity contribution in [1.29, 1.82) is 5.41 Å². The molecule has 224 valence electrons. The van der Waals surface area contributed by atoms with E-state index in [1.165, 1.54) is 20.8 Å². The molecule has 1 aliphatic rings. The Labute approximate surface area is 237 Å². The molecule has 15 nitrogen and oxygen atoms in total. The lowest BCUT2D eigenvalue weighted by atomic mass is 10.0. The maximum atomic E-state index is 13.1. The van der Waals surface area contributed by atoms with E-state index in [0.29, 0.717) is 17.7 Å². The third-order valence-corrected chi connectivity index (χ3v) is 6.43. The van der Waals surface area contributed by atoms with Gasteiger partial charge in [-0.05, 0) is 32.8 Å². The van der Waals surface area contributed by atoms with Crippen LogP contribution in [0.25, 0.3) is 0 Å². The summed E-state index contributed by atoms with van der Waals surface area (Å²) >= 11 is 0. The monoisotopic (exact) mass is 574 g/mol. The second kappa shape index (κ2) is 14.8. The molecule has 0 saturated heterocycles. The number of carbonyl (C=O) groups is 5. The fraction of sp³-hybridized carbons (Fsp3) is 0.462. The first-order chi connectivity index (χ1) is 19.2. The van der Waals surface area contributed by atoms with Gasteiger partial charge in [-0.25, -0.2) is 4.79 Å². The minimum absolute atomic E-state index is 0.0249. The van der Waals surface area contributed by atoms with Crippen LogP contribution in [0.1, 0.15) is 38.8 Å². The number of nitrogens with two attached hydrogens (primary N) is 2. The molecule has 0 fully saturated rings. The van der Waals surface area contributed by atoms with Gasteiger partial charge in [0.05, 0.1) is 6.10 Å². The molecular weight excluding hydrogens is 536 g/mol. The number of carboxylic acids is 1. The van der Waals surface area contributed by atoms with E-state index in [2.05, 4.69) is 21.3 Å². The van der Waals surface area contributed by atoms with E-state index < -0.39 is 65.9 Å². The molecule has 1 aromatic rings. The fourth-order valence-electron chi connectivity index (χ4n) is 3.89. The van der Waals surface area contributed by atoms with Gasteiger partial charge in [0.2, 0.25) is 23.6 Å². The summed E-state index contributed by atoms with van der Waals surface area (Å²) in [5, 5.41) is 36.5. The standard InChI is InChI=1S/C26H38N8O7/c1-13(21(36)30-14(2)22(37)33-20(25(40)41)17-7-5-4-6-8-17)31-23(38)18(32-24(39)19(27)15(3)35)11-16-9-10-34(12-16)26(28)29/h4-9,13-15,18-20,35H,10-12,27H2,1-3H3,(H3,28,29)(H,30,36)(H,31,38)(H,32,39)(H,33,37)(H,40,41). The zero-order valence-corrected chi connectivity index (χ0v) is 23.1. The predicted molar refractivity (Wildman–Crippen MR) is 148 cm³/mol. The summed E-state index contributed by atoms with van der Waals surface area (Å²) < 4.78 is 0. The largest absolute Gasteiger partial charge is 0.479 e. The summed E-state index contributed by atoms with van der Waals surface area (Å²) in [6.45, 7) is 4.67. The van der Waals surface area contributed by atoms with E-state index in [0.717, 1.165) is 0 Å². The summed E-state index contributed by atoms with van der Waals surface area (Å²) in [7, 11) is 0. The number of rotatable bonds is 13. The number of amides is 4. The smallest absolute Gasteiger partial charge is 0.330 e. The number of guanidine groups is 1. The topological polar surface area (TPSA) is 253 Å². The lowest BCUT2D eigenvalue weighted by Crippen LogP contribution is -2.57. The number of benzene rings is 1. The second-order valence-electron chi connectivity index (χ2n) is 9.81. The highest BCUT2D eigenvalue weighted by Crippen LogP contribution is 2.15. The van der Waals surface area contributed by atoms with Gasteiger partial charge in [-0.3, -0.25) is 24.6 Å². The molecule has 6 unspecified atom stereocenters. The number of hydrogen-bond donors (Lipinski definition) is 9. The quantitative estimate of drug-likeness (QED) is 0.0689. The van der Waals surface area contributed by atoms with Gasteiger partial charge in [-0.1, -0.05) is 42.0 Å². The Balaban J connectivity index is 2.04. The lowest BCUT2D eigenvalue weighted by molar-refractivity contribution is -0.142. The third-order valence-electron chi connectivity index (χ3n) is 6.43. The average Bonchev–Trinajstić information content (AvgIpc) is 3.39. The Bertz CT molecular complexity index is 1170.